The molecule has 2 aromatic rings. The second-order valence-corrected chi connectivity index (χ2v) is 10.2. The summed E-state index contributed by atoms with van der Waals surface area (Å²) in [6.45, 7) is 3.60. The van der Waals surface area contributed by atoms with E-state index in [1.807, 2.05) is 30.4 Å². The number of fused-ring (bicyclic) bond motifs is 1. The van der Waals surface area contributed by atoms with Crippen molar-refractivity contribution in [2.45, 2.75) is 18.9 Å². The van der Waals surface area contributed by atoms with Crippen LogP contribution in [0.1, 0.15) is 23.2 Å². The van der Waals surface area contributed by atoms with Crippen LogP contribution in [-0.2, 0) is 23.9 Å². The summed E-state index contributed by atoms with van der Waals surface area (Å²) in [6.07, 6.45) is 10.4. The quantitative estimate of drug-likeness (QED) is 0.187. The monoisotopic (exact) mass is 591 g/mol. The number of amides is 2. The molecule has 1 aliphatic carbocycles. The molecule has 2 aromatic heterocycles. The van der Waals surface area contributed by atoms with Gasteiger partial charge in [-0.1, -0.05) is 18.2 Å². The number of piperazine rings is 1. The molecule has 0 radical (unpaired) electrons. The minimum Gasteiger partial charge on any atom is -0.478 e. The molecule has 2 fully saturated rings. The van der Waals surface area contributed by atoms with Crippen molar-refractivity contribution in [1.82, 2.24) is 19.8 Å². The lowest BCUT2D eigenvalue weighted by molar-refractivity contribution is -0.142. The highest BCUT2D eigenvalue weighted by molar-refractivity contribution is 6.05. The number of nitrogens with zero attached hydrogens (tertiary/aromatic N) is 5. The fraction of sp³-hybridized carbons (Fsp3) is 0.367. The highest BCUT2D eigenvalue weighted by Crippen LogP contribution is 2.35. The van der Waals surface area contributed by atoms with Crippen molar-refractivity contribution in [2.24, 2.45) is 11.8 Å². The van der Waals surface area contributed by atoms with Crippen LogP contribution in [0.2, 0.25) is 0 Å². The molecule has 2 amide bonds. The van der Waals surface area contributed by atoms with Crippen LogP contribution in [-0.4, -0.2) is 105 Å². The lowest BCUT2D eigenvalue weighted by atomic mass is 9.85. The molecule has 3 atom stereocenters. The molecule has 43 heavy (non-hydrogen) atoms. The largest absolute Gasteiger partial charge is 0.478 e. The van der Waals surface area contributed by atoms with E-state index in [9.17, 15) is 24.0 Å². The van der Waals surface area contributed by atoms with Gasteiger partial charge in [-0.05, 0) is 37.1 Å². The summed E-state index contributed by atoms with van der Waals surface area (Å²) >= 11 is 0. The summed E-state index contributed by atoms with van der Waals surface area (Å²) in [5.74, 6) is -3.00. The summed E-state index contributed by atoms with van der Waals surface area (Å²) in [5, 5.41) is 15.6. The molecule has 2 N–H and O–H groups in total. The van der Waals surface area contributed by atoms with Gasteiger partial charge < -0.3 is 19.8 Å². The zero-order valence-corrected chi connectivity index (χ0v) is 23.4. The molecule has 0 bridgehead atoms. The number of ether oxygens (including phenoxy) is 1. The zero-order chi connectivity index (χ0) is 30.8. The van der Waals surface area contributed by atoms with Crippen LogP contribution >= 0.6 is 0 Å². The number of carbonyl (C=O) groups excluding carboxylic acids is 3. The molecule has 226 valence electrons. The number of likely N-dealkylation sites (tertiary alicyclic amines) is 1. The van der Waals surface area contributed by atoms with Gasteiger partial charge in [0.1, 0.15) is 11.9 Å². The van der Waals surface area contributed by atoms with Gasteiger partial charge in [0.25, 0.3) is 0 Å². The van der Waals surface area contributed by atoms with Crippen LogP contribution in [0.3, 0.4) is 0 Å². The van der Waals surface area contributed by atoms with E-state index >= 15 is 0 Å². The van der Waals surface area contributed by atoms with Crippen LogP contribution in [0, 0.1) is 11.8 Å². The number of carboxylic acid groups (broad SMARTS) is 2. The van der Waals surface area contributed by atoms with E-state index in [4.69, 9.17) is 14.9 Å². The van der Waals surface area contributed by atoms with Crippen molar-refractivity contribution in [3.05, 3.63) is 78.8 Å². The first-order valence-corrected chi connectivity index (χ1v) is 13.9. The predicted octanol–water partition coefficient (Wildman–Crippen LogP) is 1.49. The molecule has 13 heteroatoms. The van der Waals surface area contributed by atoms with Crippen LogP contribution < -0.4 is 4.90 Å². The number of imide groups is 1. The highest BCUT2D eigenvalue weighted by atomic mass is 16.5. The standard InChI is InChI=1S/C26H29N5O4.C4H4O4/c32-24-21-7-1-2-8-22(21)25(33)31(24)18-20(35-26(34)19-6-5-10-27-16-19)17-29-12-14-30(15-13-29)23-9-3-4-11-28-23;5-3(6)1-2-4(7)8/h1-6,9-11,16,20-22H,7-8,12-15,17-18H2;1-2H,(H,5,6)(H,7,8)/b;2-1-/t20?,21-,22+;. The summed E-state index contributed by atoms with van der Waals surface area (Å²) in [5.41, 5.74) is 0.342. The van der Waals surface area contributed by atoms with E-state index in [-0.39, 0.29) is 30.2 Å². The molecule has 0 aromatic carbocycles. The average Bonchev–Trinajstić information content (AvgIpc) is 3.26. The van der Waals surface area contributed by atoms with Crippen LogP contribution in [0.25, 0.3) is 0 Å². The molecule has 5 rings (SSSR count). The van der Waals surface area contributed by atoms with E-state index < -0.39 is 24.0 Å². The van der Waals surface area contributed by atoms with Gasteiger partial charge in [-0.2, -0.15) is 0 Å². The topological polar surface area (TPSA) is 171 Å². The van der Waals surface area contributed by atoms with Gasteiger partial charge >= 0.3 is 17.9 Å². The molecule has 0 spiro atoms. The number of rotatable bonds is 9. The fourth-order valence-electron chi connectivity index (χ4n) is 5.22. The smallest absolute Gasteiger partial charge is 0.340 e. The van der Waals surface area contributed by atoms with E-state index in [1.165, 1.54) is 11.1 Å². The highest BCUT2D eigenvalue weighted by Gasteiger charge is 2.48. The Hall–Kier alpha value is -4.91. The minimum atomic E-state index is -1.26. The maximum Gasteiger partial charge on any atom is 0.340 e. The number of pyridine rings is 2. The number of carbonyl (C=O) groups is 5. The summed E-state index contributed by atoms with van der Waals surface area (Å²) < 4.78 is 5.85. The number of hydrogen-bond acceptors (Lipinski definition) is 10. The van der Waals surface area contributed by atoms with Crippen molar-refractivity contribution in [1.29, 1.82) is 0 Å². The number of allylic oxidation sites excluding steroid dienone is 2. The fourth-order valence-corrected chi connectivity index (χ4v) is 5.22. The van der Waals surface area contributed by atoms with Crippen LogP contribution in [0.4, 0.5) is 5.82 Å². The van der Waals surface area contributed by atoms with Gasteiger partial charge in [0.2, 0.25) is 11.8 Å². The van der Waals surface area contributed by atoms with Crippen molar-refractivity contribution in [3.63, 3.8) is 0 Å². The summed E-state index contributed by atoms with van der Waals surface area (Å²) in [7, 11) is 0. The molecular weight excluding hydrogens is 558 g/mol. The summed E-state index contributed by atoms with van der Waals surface area (Å²) in [6, 6.07) is 9.18. The Kier molecular flexibility index (Phi) is 10.7. The number of esters is 1. The molecular formula is C30H33N5O8. The van der Waals surface area contributed by atoms with E-state index in [2.05, 4.69) is 19.8 Å². The van der Waals surface area contributed by atoms with E-state index in [0.29, 0.717) is 37.1 Å². The van der Waals surface area contributed by atoms with Gasteiger partial charge in [-0.25, -0.2) is 19.4 Å². The average molecular weight is 592 g/mol. The Morgan fingerprint density at radius 1 is 0.884 bits per heavy atom. The van der Waals surface area contributed by atoms with Crippen LogP contribution in [0.15, 0.2) is 73.2 Å². The lowest BCUT2D eigenvalue weighted by Crippen LogP contribution is -2.51. The number of anilines is 1. The van der Waals surface area contributed by atoms with Gasteiger partial charge in [-0.3, -0.25) is 24.4 Å². The number of aromatic nitrogens is 2. The van der Waals surface area contributed by atoms with Crippen molar-refractivity contribution >= 4 is 35.5 Å². The third-order valence-electron chi connectivity index (χ3n) is 7.33. The third kappa shape index (κ3) is 8.55. The first-order chi connectivity index (χ1) is 20.7. The molecule has 1 unspecified atom stereocenters. The van der Waals surface area contributed by atoms with Crippen molar-refractivity contribution < 1.29 is 38.9 Å². The lowest BCUT2D eigenvalue weighted by Gasteiger charge is -2.37. The molecule has 3 aliphatic rings. The second-order valence-electron chi connectivity index (χ2n) is 10.2. The molecule has 13 nitrogen and oxygen atoms in total. The number of aliphatic carboxylic acids is 2. The SMILES string of the molecule is O=C(O)/C=C\C(=O)O.O=C(OC(CN1CCN(c2ccccn2)CC1)CN1C(=O)[C@H]2CC=CC[C@H]2C1=O)c1cccnc1. The number of hydrogen-bond donors (Lipinski definition) is 2. The number of carboxylic acids is 2. The summed E-state index contributed by atoms with van der Waals surface area (Å²) in [4.78, 5) is 72.2. The molecule has 4 heterocycles. The van der Waals surface area contributed by atoms with Gasteiger partial charge in [0.15, 0.2) is 0 Å². The van der Waals surface area contributed by atoms with Gasteiger partial charge in [-0.15, -0.1) is 0 Å². The van der Waals surface area contributed by atoms with Gasteiger partial charge in [0.05, 0.1) is 23.9 Å². The Bertz CT molecular complexity index is 1320. The second kappa shape index (κ2) is 14.8. The first kappa shape index (κ1) is 31.0. The molecule has 0 saturated carbocycles. The van der Waals surface area contributed by atoms with E-state index in [1.54, 1.807) is 24.5 Å². The normalized spacial score (nSPS) is 20.7. The Labute approximate surface area is 248 Å². The predicted molar refractivity (Wildman–Crippen MR) is 153 cm³/mol. The van der Waals surface area contributed by atoms with Gasteiger partial charge in [0, 0.05) is 63.5 Å². The Morgan fingerprint density at radius 3 is 2.07 bits per heavy atom. The van der Waals surface area contributed by atoms with E-state index in [0.717, 1.165) is 32.0 Å². The Morgan fingerprint density at radius 2 is 1.53 bits per heavy atom. The zero-order valence-electron chi connectivity index (χ0n) is 23.4. The third-order valence-corrected chi connectivity index (χ3v) is 7.33. The molecule has 2 saturated heterocycles. The maximum absolute atomic E-state index is 13.0. The first-order valence-electron chi connectivity index (χ1n) is 13.9. The van der Waals surface area contributed by atoms with Crippen molar-refractivity contribution in [2.75, 3.05) is 44.2 Å². The van der Waals surface area contributed by atoms with Crippen molar-refractivity contribution in [3.8, 4) is 0 Å². The van der Waals surface area contributed by atoms with Crippen LogP contribution in [0.5, 0.6) is 0 Å². The maximum atomic E-state index is 13.0. The molecule has 2 aliphatic heterocycles. The minimum absolute atomic E-state index is 0.0666. The Balaban J connectivity index is 0.000000467.